The summed E-state index contributed by atoms with van der Waals surface area (Å²) in [5, 5.41) is 4.46. The number of nitrogens with one attached hydrogen (secondary N) is 1. The highest BCUT2D eigenvalue weighted by Crippen LogP contribution is 2.39. The number of aryl methyl sites for hydroxylation is 2. The predicted octanol–water partition coefficient (Wildman–Crippen LogP) is 3.73. The molecule has 1 amide bonds. The highest BCUT2D eigenvalue weighted by atomic mass is 32.2. The van der Waals surface area contributed by atoms with E-state index in [0.717, 1.165) is 35.6 Å². The number of hydrogen-bond acceptors (Lipinski definition) is 3. The molecule has 1 aliphatic carbocycles. The molecule has 0 aromatic heterocycles. The summed E-state index contributed by atoms with van der Waals surface area (Å²) in [4.78, 5) is 12.7. The number of carbonyl (C=O) groups excluding carboxylic acids is 1. The first-order valence-corrected chi connectivity index (χ1v) is 10.1. The van der Waals surface area contributed by atoms with Crippen molar-refractivity contribution in [3.05, 3.63) is 71.0 Å². The molecule has 0 heterocycles. The minimum Gasteiger partial charge on any atom is -0.320 e. The topological polar surface area (TPSA) is 63.2 Å². The molecule has 1 aliphatic rings. The molecule has 0 saturated heterocycles. The average molecular weight is 369 g/mol. The van der Waals surface area contributed by atoms with Gasteiger partial charge in [-0.05, 0) is 59.7 Å². The van der Waals surface area contributed by atoms with Gasteiger partial charge in [0.2, 0.25) is 0 Å². The smallest absolute Gasteiger partial charge is 0.255 e. The van der Waals surface area contributed by atoms with Crippen LogP contribution >= 0.6 is 0 Å². The molecule has 0 spiro atoms. The molecule has 0 unspecified atom stereocenters. The van der Waals surface area contributed by atoms with Gasteiger partial charge < -0.3 is 5.32 Å². The van der Waals surface area contributed by atoms with Gasteiger partial charge in [-0.25, -0.2) is 12.8 Å². The third kappa shape index (κ3) is 2.76. The lowest BCUT2D eigenvalue weighted by atomic mass is 10.0. The van der Waals surface area contributed by atoms with Gasteiger partial charge in [0.1, 0.15) is 5.82 Å². The quantitative estimate of drug-likeness (QED) is 0.765. The van der Waals surface area contributed by atoms with Crippen LogP contribution in [0.25, 0.3) is 10.8 Å². The zero-order valence-electron chi connectivity index (χ0n) is 14.0. The van der Waals surface area contributed by atoms with E-state index < -0.39 is 21.6 Å². The number of hydrogen-bond donors (Lipinski definition) is 1. The molecule has 4 rings (SSSR count). The van der Waals surface area contributed by atoms with Crippen LogP contribution < -0.4 is 5.32 Å². The van der Waals surface area contributed by atoms with Crippen molar-refractivity contribution in [2.75, 3.05) is 11.6 Å². The lowest BCUT2D eigenvalue weighted by Gasteiger charge is -2.15. The standard InChI is InChI=1S/C20H16FNO3S/c1-26(24,25)17-11-14-6-5-12-3-2-4-16(18(12)14)19(17)22-20(23)13-7-9-15(21)10-8-13/h2-4,7-11H,5-6H2,1H3,(H,22,23). The first-order valence-electron chi connectivity index (χ1n) is 8.19. The molecule has 26 heavy (non-hydrogen) atoms. The van der Waals surface area contributed by atoms with Crippen molar-refractivity contribution >= 4 is 32.2 Å². The SMILES string of the molecule is CS(=O)(=O)c1cc2c3c(cccc3c1NC(=O)c1ccc(F)cc1)CC2. The molecule has 0 saturated carbocycles. The van der Waals surface area contributed by atoms with Crippen molar-refractivity contribution in [2.24, 2.45) is 0 Å². The van der Waals surface area contributed by atoms with E-state index in [1.54, 1.807) is 6.07 Å². The van der Waals surface area contributed by atoms with E-state index >= 15 is 0 Å². The molecule has 0 aliphatic heterocycles. The molecular formula is C20H16FNO3S. The fourth-order valence-electron chi connectivity index (χ4n) is 3.51. The monoisotopic (exact) mass is 369 g/mol. The Hall–Kier alpha value is -2.73. The largest absolute Gasteiger partial charge is 0.320 e. The number of anilines is 1. The normalized spacial score (nSPS) is 13.2. The van der Waals surface area contributed by atoms with Gasteiger partial charge in [-0.3, -0.25) is 4.79 Å². The maximum atomic E-state index is 13.1. The fraction of sp³-hybridized carbons (Fsp3) is 0.150. The number of benzene rings is 3. The Morgan fingerprint density at radius 1 is 1.04 bits per heavy atom. The third-order valence-electron chi connectivity index (χ3n) is 4.70. The summed E-state index contributed by atoms with van der Waals surface area (Å²) in [7, 11) is -3.54. The second-order valence-electron chi connectivity index (χ2n) is 6.48. The van der Waals surface area contributed by atoms with Gasteiger partial charge in [-0.2, -0.15) is 0 Å². The maximum absolute atomic E-state index is 13.1. The Balaban J connectivity index is 1.90. The highest BCUT2D eigenvalue weighted by molar-refractivity contribution is 7.90. The van der Waals surface area contributed by atoms with Gasteiger partial charge in [0, 0.05) is 17.2 Å². The maximum Gasteiger partial charge on any atom is 0.255 e. The van der Waals surface area contributed by atoms with Gasteiger partial charge in [-0.1, -0.05) is 18.2 Å². The van der Waals surface area contributed by atoms with Crippen LogP contribution in [0.1, 0.15) is 21.5 Å². The van der Waals surface area contributed by atoms with E-state index in [1.165, 1.54) is 24.3 Å². The van der Waals surface area contributed by atoms with E-state index in [0.29, 0.717) is 5.39 Å². The predicted molar refractivity (Wildman–Crippen MR) is 98.8 cm³/mol. The third-order valence-corrected chi connectivity index (χ3v) is 5.82. The van der Waals surface area contributed by atoms with Crippen molar-refractivity contribution in [2.45, 2.75) is 17.7 Å². The molecule has 6 heteroatoms. The molecule has 0 atom stereocenters. The first kappa shape index (κ1) is 16.7. The summed E-state index contributed by atoms with van der Waals surface area (Å²) in [6, 6.07) is 12.5. The molecule has 1 N–H and O–H groups in total. The summed E-state index contributed by atoms with van der Waals surface area (Å²) in [5.41, 5.74) is 2.67. The van der Waals surface area contributed by atoms with Crippen LogP contribution in [0.2, 0.25) is 0 Å². The first-order chi connectivity index (χ1) is 12.3. The number of rotatable bonds is 3. The van der Waals surface area contributed by atoms with Crippen LogP contribution in [0.15, 0.2) is 53.4 Å². The van der Waals surface area contributed by atoms with Crippen molar-refractivity contribution in [3.8, 4) is 0 Å². The molecule has 3 aromatic rings. The van der Waals surface area contributed by atoms with Crippen molar-refractivity contribution in [3.63, 3.8) is 0 Å². The zero-order valence-corrected chi connectivity index (χ0v) is 14.9. The average Bonchev–Trinajstić information content (AvgIpc) is 3.01. The Morgan fingerprint density at radius 2 is 1.73 bits per heavy atom. The zero-order chi connectivity index (χ0) is 18.5. The van der Waals surface area contributed by atoms with Crippen LogP contribution in [0, 0.1) is 5.82 Å². The van der Waals surface area contributed by atoms with Crippen LogP contribution in [0.3, 0.4) is 0 Å². The Morgan fingerprint density at radius 3 is 2.42 bits per heavy atom. The number of amides is 1. The lowest BCUT2D eigenvalue weighted by Crippen LogP contribution is -2.15. The molecule has 4 nitrogen and oxygen atoms in total. The molecule has 3 aromatic carbocycles. The minimum atomic E-state index is -3.54. The Bertz CT molecular complexity index is 1150. The molecule has 0 fully saturated rings. The second kappa shape index (κ2) is 5.92. The van der Waals surface area contributed by atoms with Gasteiger partial charge in [0.25, 0.3) is 5.91 Å². The van der Waals surface area contributed by atoms with Crippen LogP contribution in [0.5, 0.6) is 0 Å². The van der Waals surface area contributed by atoms with Gasteiger partial charge in [0.05, 0.1) is 10.6 Å². The van der Waals surface area contributed by atoms with E-state index in [4.69, 9.17) is 0 Å². The lowest BCUT2D eigenvalue weighted by molar-refractivity contribution is 0.102. The van der Waals surface area contributed by atoms with Gasteiger partial charge in [0.15, 0.2) is 9.84 Å². The molecule has 0 bridgehead atoms. The van der Waals surface area contributed by atoms with Crippen LogP contribution in [0.4, 0.5) is 10.1 Å². The van der Waals surface area contributed by atoms with E-state index in [9.17, 15) is 17.6 Å². The molecule has 0 radical (unpaired) electrons. The summed E-state index contributed by atoms with van der Waals surface area (Å²) in [5.74, 6) is -0.919. The fourth-order valence-corrected chi connectivity index (χ4v) is 4.39. The number of halogens is 1. The van der Waals surface area contributed by atoms with Crippen LogP contribution in [-0.4, -0.2) is 20.6 Å². The summed E-state index contributed by atoms with van der Waals surface area (Å²) < 4.78 is 37.8. The van der Waals surface area contributed by atoms with Gasteiger partial charge >= 0.3 is 0 Å². The second-order valence-corrected chi connectivity index (χ2v) is 8.47. The summed E-state index contributed by atoms with van der Waals surface area (Å²) in [6.45, 7) is 0. The van der Waals surface area contributed by atoms with Crippen molar-refractivity contribution < 1.29 is 17.6 Å². The van der Waals surface area contributed by atoms with Crippen molar-refractivity contribution in [1.82, 2.24) is 0 Å². The van der Waals surface area contributed by atoms with Crippen LogP contribution in [-0.2, 0) is 22.7 Å². The molecular weight excluding hydrogens is 353 g/mol. The number of carbonyl (C=O) groups is 1. The van der Waals surface area contributed by atoms with Gasteiger partial charge in [-0.15, -0.1) is 0 Å². The van der Waals surface area contributed by atoms with E-state index in [2.05, 4.69) is 5.32 Å². The highest BCUT2D eigenvalue weighted by Gasteiger charge is 2.24. The van der Waals surface area contributed by atoms with E-state index in [-0.39, 0.29) is 16.1 Å². The van der Waals surface area contributed by atoms with E-state index in [1.807, 2.05) is 18.2 Å². The van der Waals surface area contributed by atoms with Crippen molar-refractivity contribution in [1.29, 1.82) is 0 Å². The summed E-state index contributed by atoms with van der Waals surface area (Å²) in [6.07, 6.45) is 2.77. The minimum absolute atomic E-state index is 0.106. The number of sulfone groups is 1. The Labute approximate surface area is 150 Å². The Kier molecular flexibility index (Phi) is 3.80. The molecule has 132 valence electrons. The summed E-state index contributed by atoms with van der Waals surface area (Å²) >= 11 is 0.